The highest BCUT2D eigenvalue weighted by molar-refractivity contribution is 7.89. The van der Waals surface area contributed by atoms with Gasteiger partial charge in [0.05, 0.1) is 28.6 Å². The van der Waals surface area contributed by atoms with E-state index in [0.29, 0.717) is 11.4 Å². The van der Waals surface area contributed by atoms with E-state index in [1.807, 2.05) is 26.8 Å². The van der Waals surface area contributed by atoms with Gasteiger partial charge in [-0.05, 0) is 39.0 Å². The number of sulfonamides is 1. The normalized spacial score (nSPS) is 12.3. The number of nitriles is 1. The van der Waals surface area contributed by atoms with E-state index in [2.05, 4.69) is 10.1 Å². The van der Waals surface area contributed by atoms with E-state index < -0.39 is 10.0 Å². The lowest BCUT2D eigenvalue weighted by Gasteiger charge is -2.23. The first-order chi connectivity index (χ1) is 10.7. The fourth-order valence-electron chi connectivity index (χ4n) is 2.12. The Balaban J connectivity index is 2.32. The first-order valence-electron chi connectivity index (χ1n) is 7.02. The molecule has 1 aromatic heterocycles. The molecule has 8 heteroatoms. The molecule has 0 spiro atoms. The van der Waals surface area contributed by atoms with E-state index in [1.165, 1.54) is 29.8 Å². The number of aromatic nitrogens is 3. The van der Waals surface area contributed by atoms with Gasteiger partial charge in [0.2, 0.25) is 10.0 Å². The van der Waals surface area contributed by atoms with Gasteiger partial charge in [-0.1, -0.05) is 6.07 Å². The van der Waals surface area contributed by atoms with Crippen molar-refractivity contribution in [3.8, 4) is 6.07 Å². The quantitative estimate of drug-likeness (QED) is 0.849. The van der Waals surface area contributed by atoms with Crippen molar-refractivity contribution in [2.24, 2.45) is 0 Å². The maximum absolute atomic E-state index is 12.6. The second kappa shape index (κ2) is 6.10. The largest absolute Gasteiger partial charge is 0.243 e. The fraction of sp³-hybridized carbons (Fsp3) is 0.400. The molecular weight excluding hydrogens is 314 g/mol. The summed E-state index contributed by atoms with van der Waals surface area (Å²) < 4.78 is 28.2. The molecule has 0 fully saturated rings. The minimum Gasteiger partial charge on any atom is -0.243 e. The molecule has 2 rings (SSSR count). The lowest BCUT2D eigenvalue weighted by molar-refractivity contribution is 0.326. The number of benzene rings is 1. The SMILES string of the molecule is CN(Cc1ncnn1C(C)(C)C)S(=O)(=O)c1cccc(C#N)c1. The molecule has 0 aliphatic carbocycles. The Morgan fingerprint density at radius 3 is 2.65 bits per heavy atom. The van der Waals surface area contributed by atoms with E-state index >= 15 is 0 Å². The Labute approximate surface area is 136 Å². The molecule has 0 N–H and O–H groups in total. The molecule has 0 bridgehead atoms. The monoisotopic (exact) mass is 333 g/mol. The highest BCUT2D eigenvalue weighted by Crippen LogP contribution is 2.19. The molecule has 1 heterocycles. The van der Waals surface area contributed by atoms with Gasteiger partial charge in [-0.25, -0.2) is 18.1 Å². The van der Waals surface area contributed by atoms with Crippen LogP contribution in [0.5, 0.6) is 0 Å². The summed E-state index contributed by atoms with van der Waals surface area (Å²) in [5.41, 5.74) is 0.00860. The minimum absolute atomic E-state index is 0.0841. The van der Waals surface area contributed by atoms with Crippen LogP contribution in [-0.2, 0) is 22.1 Å². The van der Waals surface area contributed by atoms with Gasteiger partial charge in [-0.2, -0.15) is 14.7 Å². The Kier molecular flexibility index (Phi) is 4.54. The van der Waals surface area contributed by atoms with Crippen LogP contribution in [0, 0.1) is 11.3 Å². The number of rotatable bonds is 4. The predicted octanol–water partition coefficient (Wildman–Crippen LogP) is 1.73. The summed E-state index contributed by atoms with van der Waals surface area (Å²) in [6.45, 7) is 6.00. The molecule has 23 heavy (non-hydrogen) atoms. The first kappa shape index (κ1) is 17.1. The topological polar surface area (TPSA) is 91.9 Å². The number of hydrogen-bond acceptors (Lipinski definition) is 5. The molecule has 0 amide bonds. The van der Waals surface area contributed by atoms with Gasteiger partial charge < -0.3 is 0 Å². The van der Waals surface area contributed by atoms with Crippen LogP contribution in [0.4, 0.5) is 0 Å². The summed E-state index contributed by atoms with van der Waals surface area (Å²) in [4.78, 5) is 4.24. The van der Waals surface area contributed by atoms with Crippen LogP contribution in [0.15, 0.2) is 35.5 Å². The molecule has 1 aromatic carbocycles. The zero-order valence-electron chi connectivity index (χ0n) is 13.6. The Morgan fingerprint density at radius 1 is 1.35 bits per heavy atom. The van der Waals surface area contributed by atoms with Crippen LogP contribution in [0.2, 0.25) is 0 Å². The zero-order valence-corrected chi connectivity index (χ0v) is 14.4. The molecule has 0 saturated carbocycles. The average molecular weight is 333 g/mol. The van der Waals surface area contributed by atoms with Crippen molar-refractivity contribution in [1.29, 1.82) is 5.26 Å². The predicted molar refractivity (Wildman–Crippen MR) is 84.8 cm³/mol. The number of nitrogens with zero attached hydrogens (tertiary/aromatic N) is 5. The molecule has 0 aliphatic heterocycles. The minimum atomic E-state index is -3.71. The second-order valence-corrected chi connectivity index (χ2v) is 8.20. The smallest absolute Gasteiger partial charge is 0.243 e. The van der Waals surface area contributed by atoms with Crippen LogP contribution < -0.4 is 0 Å². The molecular formula is C15H19N5O2S. The van der Waals surface area contributed by atoms with E-state index in [9.17, 15) is 8.42 Å². The summed E-state index contributed by atoms with van der Waals surface area (Å²) in [6.07, 6.45) is 1.41. The van der Waals surface area contributed by atoms with Crippen LogP contribution in [0.1, 0.15) is 32.2 Å². The van der Waals surface area contributed by atoms with E-state index in [1.54, 1.807) is 16.8 Å². The van der Waals surface area contributed by atoms with E-state index in [-0.39, 0.29) is 17.0 Å². The lowest BCUT2D eigenvalue weighted by Crippen LogP contribution is -2.31. The van der Waals surface area contributed by atoms with Crippen molar-refractivity contribution in [2.45, 2.75) is 37.8 Å². The third kappa shape index (κ3) is 3.57. The van der Waals surface area contributed by atoms with Gasteiger partial charge in [0.1, 0.15) is 12.2 Å². The van der Waals surface area contributed by atoms with Crippen LogP contribution in [-0.4, -0.2) is 34.5 Å². The summed E-state index contributed by atoms with van der Waals surface area (Å²) in [6, 6.07) is 7.90. The van der Waals surface area contributed by atoms with Gasteiger partial charge >= 0.3 is 0 Å². The zero-order chi connectivity index (χ0) is 17.3. The summed E-state index contributed by atoms with van der Waals surface area (Å²) in [7, 11) is -2.23. The molecule has 122 valence electrons. The maximum atomic E-state index is 12.6. The maximum Gasteiger partial charge on any atom is 0.243 e. The standard InChI is InChI=1S/C15H19N5O2S/c1-15(2,3)20-14(17-11-18-20)10-19(4)23(21,22)13-7-5-6-12(8-13)9-16/h5-8,11H,10H2,1-4H3. The average Bonchev–Trinajstić information content (AvgIpc) is 2.95. The van der Waals surface area contributed by atoms with Crippen molar-refractivity contribution < 1.29 is 8.42 Å². The van der Waals surface area contributed by atoms with Gasteiger partial charge in [0.15, 0.2) is 0 Å². The molecule has 0 unspecified atom stereocenters. The third-order valence-corrected chi connectivity index (χ3v) is 5.09. The Hall–Kier alpha value is -2.24. The fourth-order valence-corrected chi connectivity index (χ4v) is 3.30. The van der Waals surface area contributed by atoms with Gasteiger partial charge in [0.25, 0.3) is 0 Å². The van der Waals surface area contributed by atoms with Crippen molar-refractivity contribution in [3.05, 3.63) is 42.0 Å². The number of hydrogen-bond donors (Lipinski definition) is 0. The Bertz CT molecular complexity index is 843. The van der Waals surface area contributed by atoms with Crippen molar-refractivity contribution in [1.82, 2.24) is 19.1 Å². The molecule has 7 nitrogen and oxygen atoms in total. The van der Waals surface area contributed by atoms with Crippen LogP contribution >= 0.6 is 0 Å². The van der Waals surface area contributed by atoms with Crippen molar-refractivity contribution in [2.75, 3.05) is 7.05 Å². The molecule has 0 atom stereocenters. The van der Waals surface area contributed by atoms with E-state index in [0.717, 1.165) is 0 Å². The van der Waals surface area contributed by atoms with Gasteiger partial charge in [0, 0.05) is 7.05 Å². The van der Waals surface area contributed by atoms with Crippen LogP contribution in [0.25, 0.3) is 0 Å². The third-order valence-electron chi connectivity index (χ3n) is 3.29. The summed E-state index contributed by atoms with van der Waals surface area (Å²) >= 11 is 0. The van der Waals surface area contributed by atoms with Crippen LogP contribution in [0.3, 0.4) is 0 Å². The highest BCUT2D eigenvalue weighted by atomic mass is 32.2. The summed E-state index contributed by atoms with van der Waals surface area (Å²) in [5, 5.41) is 13.1. The molecule has 0 saturated heterocycles. The highest BCUT2D eigenvalue weighted by Gasteiger charge is 2.25. The first-order valence-corrected chi connectivity index (χ1v) is 8.46. The Morgan fingerprint density at radius 2 is 2.04 bits per heavy atom. The van der Waals surface area contributed by atoms with Crippen molar-refractivity contribution in [3.63, 3.8) is 0 Å². The lowest BCUT2D eigenvalue weighted by atomic mass is 10.1. The van der Waals surface area contributed by atoms with E-state index in [4.69, 9.17) is 5.26 Å². The second-order valence-electron chi connectivity index (χ2n) is 6.16. The van der Waals surface area contributed by atoms with Crippen molar-refractivity contribution >= 4 is 10.0 Å². The molecule has 0 aliphatic rings. The van der Waals surface area contributed by atoms with Gasteiger partial charge in [-0.15, -0.1) is 0 Å². The molecule has 0 radical (unpaired) electrons. The van der Waals surface area contributed by atoms with Gasteiger partial charge in [-0.3, -0.25) is 0 Å². The summed E-state index contributed by atoms with van der Waals surface area (Å²) in [5.74, 6) is 0.556. The molecule has 2 aromatic rings.